The Balaban J connectivity index is 1.36. The lowest BCUT2D eigenvalue weighted by Gasteiger charge is -2.46. The molecule has 0 aliphatic carbocycles. The lowest BCUT2D eigenvalue weighted by Crippen LogP contribution is -2.51. The van der Waals surface area contributed by atoms with E-state index in [2.05, 4.69) is 22.6 Å². The van der Waals surface area contributed by atoms with Crippen molar-refractivity contribution >= 4 is 17.5 Å². The monoisotopic (exact) mass is 459 g/mol. The molecule has 1 fully saturated rings. The van der Waals surface area contributed by atoms with Crippen LogP contribution in [0.3, 0.4) is 0 Å². The van der Waals surface area contributed by atoms with Gasteiger partial charge in [0, 0.05) is 36.3 Å². The Bertz CT molecular complexity index is 1200. The maximum atomic E-state index is 13.3. The zero-order chi connectivity index (χ0) is 23.7. The zero-order valence-electron chi connectivity index (χ0n) is 19.5. The largest absolute Gasteiger partial charge is 0.487 e. The first-order valence-corrected chi connectivity index (χ1v) is 11.7. The summed E-state index contributed by atoms with van der Waals surface area (Å²) in [5.41, 5.74) is 2.65. The molecule has 1 unspecified atom stereocenters. The number of furan rings is 1. The van der Waals surface area contributed by atoms with Gasteiger partial charge >= 0.3 is 0 Å². The Morgan fingerprint density at radius 2 is 1.82 bits per heavy atom. The molecular weight excluding hydrogens is 430 g/mol. The molecule has 1 atom stereocenters. The topological polar surface area (TPSA) is 83.8 Å². The second kappa shape index (κ2) is 8.99. The number of para-hydroxylation sites is 1. The van der Waals surface area contributed by atoms with Crippen molar-refractivity contribution in [3.05, 3.63) is 83.3 Å². The molecule has 34 heavy (non-hydrogen) atoms. The van der Waals surface area contributed by atoms with E-state index in [0.717, 1.165) is 49.2 Å². The number of carbonyl (C=O) groups is 2. The average molecular weight is 460 g/mol. The van der Waals surface area contributed by atoms with E-state index in [1.165, 1.54) is 6.26 Å². The summed E-state index contributed by atoms with van der Waals surface area (Å²) in [5.74, 6) is 0.530. The number of ether oxygens (including phenoxy) is 1. The second-order valence-electron chi connectivity index (χ2n) is 9.32. The van der Waals surface area contributed by atoms with Crippen molar-refractivity contribution in [2.45, 2.75) is 37.8 Å². The Kier molecular flexibility index (Phi) is 5.87. The number of rotatable bonds is 4. The highest BCUT2D eigenvalue weighted by Gasteiger charge is 2.43. The van der Waals surface area contributed by atoms with E-state index in [4.69, 9.17) is 9.15 Å². The third-order valence-corrected chi connectivity index (χ3v) is 6.89. The van der Waals surface area contributed by atoms with Crippen LogP contribution in [0.15, 0.2) is 65.3 Å². The van der Waals surface area contributed by atoms with Crippen molar-refractivity contribution in [3.63, 3.8) is 0 Å². The minimum Gasteiger partial charge on any atom is -0.487 e. The minimum absolute atomic E-state index is 0.150. The molecule has 0 saturated carbocycles. The van der Waals surface area contributed by atoms with Gasteiger partial charge in [-0.2, -0.15) is 0 Å². The van der Waals surface area contributed by atoms with Crippen molar-refractivity contribution in [1.82, 2.24) is 10.2 Å². The second-order valence-corrected chi connectivity index (χ2v) is 9.32. The van der Waals surface area contributed by atoms with Gasteiger partial charge in [-0.1, -0.05) is 24.3 Å². The Hall–Kier alpha value is -3.58. The summed E-state index contributed by atoms with van der Waals surface area (Å²) < 4.78 is 11.7. The number of likely N-dealkylation sites (tertiary alicyclic amines) is 1. The third-order valence-electron chi connectivity index (χ3n) is 6.89. The molecule has 7 nitrogen and oxygen atoms in total. The van der Waals surface area contributed by atoms with Crippen LogP contribution in [0.4, 0.5) is 5.69 Å². The van der Waals surface area contributed by atoms with Crippen molar-refractivity contribution in [1.29, 1.82) is 0 Å². The first-order chi connectivity index (χ1) is 16.4. The molecule has 2 amide bonds. The van der Waals surface area contributed by atoms with Crippen LogP contribution in [0.25, 0.3) is 0 Å². The fourth-order valence-electron chi connectivity index (χ4n) is 4.81. The number of nitrogens with zero attached hydrogens (tertiary/aromatic N) is 1. The molecule has 2 aliphatic heterocycles. The van der Waals surface area contributed by atoms with E-state index in [1.807, 2.05) is 37.3 Å². The molecule has 2 N–H and O–H groups in total. The summed E-state index contributed by atoms with van der Waals surface area (Å²) in [7, 11) is 2.13. The van der Waals surface area contributed by atoms with Crippen molar-refractivity contribution in [2.75, 3.05) is 25.5 Å². The minimum atomic E-state index is -0.353. The summed E-state index contributed by atoms with van der Waals surface area (Å²) in [5, 5.41) is 6.08. The quantitative estimate of drug-likeness (QED) is 0.598. The van der Waals surface area contributed by atoms with Crippen LogP contribution >= 0.6 is 0 Å². The van der Waals surface area contributed by atoms with Crippen LogP contribution in [0, 0.1) is 6.92 Å². The molecular formula is C27H29N3O4. The Morgan fingerprint density at radius 3 is 2.59 bits per heavy atom. The molecule has 1 aromatic heterocycles. The lowest BCUT2D eigenvalue weighted by molar-refractivity contribution is -0.0195. The van der Waals surface area contributed by atoms with Gasteiger partial charge in [0.05, 0.1) is 12.3 Å². The number of hydrogen-bond acceptors (Lipinski definition) is 5. The Labute approximate surface area is 199 Å². The van der Waals surface area contributed by atoms with E-state index in [1.54, 1.807) is 24.3 Å². The standard InChI is InChI=1S/C27H29N3O4/c1-18-9-10-19(16-21(18)28-26(32)24-8-5-15-33-24)25(31)29-22-17-27(11-13-30(2)14-12-27)34-23-7-4-3-6-20(22)23/h3-10,15-16,22H,11-14,17H2,1-2H3,(H,28,32)(H,29,31). The maximum Gasteiger partial charge on any atom is 0.291 e. The zero-order valence-corrected chi connectivity index (χ0v) is 19.5. The summed E-state index contributed by atoms with van der Waals surface area (Å²) in [6.07, 6.45) is 4.04. The Morgan fingerprint density at radius 1 is 1.03 bits per heavy atom. The van der Waals surface area contributed by atoms with Crippen LogP contribution in [-0.4, -0.2) is 42.5 Å². The summed E-state index contributed by atoms with van der Waals surface area (Å²) in [6.45, 7) is 3.83. The number of hydrogen-bond donors (Lipinski definition) is 2. The van der Waals surface area contributed by atoms with Crippen molar-refractivity contribution in [2.24, 2.45) is 0 Å². The fourth-order valence-corrected chi connectivity index (χ4v) is 4.81. The number of fused-ring (bicyclic) bond motifs is 1. The molecule has 2 aliphatic rings. The number of benzene rings is 2. The number of piperidine rings is 1. The van der Waals surface area contributed by atoms with E-state index in [9.17, 15) is 9.59 Å². The van der Waals surface area contributed by atoms with E-state index < -0.39 is 0 Å². The molecule has 3 aromatic rings. The van der Waals surface area contributed by atoms with Crippen molar-refractivity contribution < 1.29 is 18.7 Å². The summed E-state index contributed by atoms with van der Waals surface area (Å²) in [6, 6.07) is 16.4. The molecule has 7 heteroatoms. The first kappa shape index (κ1) is 22.2. The SMILES string of the molecule is Cc1ccc(C(=O)NC2CC3(CCN(C)CC3)Oc3ccccc32)cc1NC(=O)c1ccco1. The molecule has 5 rings (SSSR count). The predicted octanol–water partition coefficient (Wildman–Crippen LogP) is 4.56. The van der Waals surface area contributed by atoms with Gasteiger partial charge in [-0.3, -0.25) is 9.59 Å². The average Bonchev–Trinajstić information content (AvgIpc) is 3.38. The highest BCUT2D eigenvalue weighted by molar-refractivity contribution is 6.04. The van der Waals surface area contributed by atoms with Gasteiger partial charge in [0.1, 0.15) is 11.4 Å². The fraction of sp³-hybridized carbons (Fsp3) is 0.333. The number of carbonyl (C=O) groups excluding carboxylic acids is 2. The molecule has 3 heterocycles. The third kappa shape index (κ3) is 4.43. The molecule has 1 saturated heterocycles. The predicted molar refractivity (Wildman–Crippen MR) is 129 cm³/mol. The van der Waals surface area contributed by atoms with Crippen LogP contribution in [-0.2, 0) is 0 Å². The van der Waals surface area contributed by atoms with Crippen LogP contribution in [0.1, 0.15) is 57.3 Å². The van der Waals surface area contributed by atoms with Crippen molar-refractivity contribution in [3.8, 4) is 5.75 Å². The lowest BCUT2D eigenvalue weighted by atomic mass is 9.80. The van der Waals surface area contributed by atoms with Gasteiger partial charge in [-0.15, -0.1) is 0 Å². The van der Waals surface area contributed by atoms with Gasteiger partial charge in [0.2, 0.25) is 0 Å². The summed E-state index contributed by atoms with van der Waals surface area (Å²) >= 11 is 0. The highest BCUT2D eigenvalue weighted by Crippen LogP contribution is 2.44. The highest BCUT2D eigenvalue weighted by atomic mass is 16.5. The normalized spacial score (nSPS) is 19.2. The van der Waals surface area contributed by atoms with Gasteiger partial charge in [0.25, 0.3) is 11.8 Å². The number of nitrogens with one attached hydrogen (secondary N) is 2. The molecule has 176 valence electrons. The molecule has 1 spiro atoms. The molecule has 0 radical (unpaired) electrons. The maximum absolute atomic E-state index is 13.3. The number of anilines is 1. The van der Waals surface area contributed by atoms with Crippen LogP contribution in [0.5, 0.6) is 5.75 Å². The van der Waals surface area contributed by atoms with E-state index in [0.29, 0.717) is 11.3 Å². The first-order valence-electron chi connectivity index (χ1n) is 11.7. The van der Waals surface area contributed by atoms with Crippen LogP contribution in [0.2, 0.25) is 0 Å². The molecule has 2 aromatic carbocycles. The van der Waals surface area contributed by atoms with Gasteiger partial charge in [-0.05, 0) is 62.7 Å². The van der Waals surface area contributed by atoms with Crippen LogP contribution < -0.4 is 15.4 Å². The van der Waals surface area contributed by atoms with Gasteiger partial charge in [0.15, 0.2) is 5.76 Å². The van der Waals surface area contributed by atoms with E-state index >= 15 is 0 Å². The van der Waals surface area contributed by atoms with Gasteiger partial charge < -0.3 is 24.7 Å². The molecule has 0 bridgehead atoms. The van der Waals surface area contributed by atoms with E-state index in [-0.39, 0.29) is 29.2 Å². The smallest absolute Gasteiger partial charge is 0.291 e. The van der Waals surface area contributed by atoms with Gasteiger partial charge in [-0.25, -0.2) is 0 Å². The summed E-state index contributed by atoms with van der Waals surface area (Å²) in [4.78, 5) is 28.1. The number of amides is 2. The number of aryl methyl sites for hydroxylation is 1.